The van der Waals surface area contributed by atoms with Gasteiger partial charge in [0.05, 0.1) is 23.2 Å². The lowest BCUT2D eigenvalue weighted by Gasteiger charge is -2.38. The van der Waals surface area contributed by atoms with E-state index < -0.39 is 6.04 Å². The normalized spacial score (nSPS) is 21.5. The number of amides is 2. The molecule has 134 valence electrons. The van der Waals surface area contributed by atoms with Gasteiger partial charge in [-0.2, -0.15) is 0 Å². The quantitative estimate of drug-likeness (QED) is 0.780. The number of hydrogen-bond donors (Lipinski definition) is 0. The summed E-state index contributed by atoms with van der Waals surface area (Å²) in [6, 6.07) is 16.9. The third-order valence-corrected chi connectivity index (χ3v) is 5.41. The van der Waals surface area contributed by atoms with E-state index in [-0.39, 0.29) is 18.2 Å². The molecule has 0 spiro atoms. The summed E-state index contributed by atoms with van der Waals surface area (Å²) in [6.07, 6.45) is 0.218. The average molecular weight is 370 g/mol. The first kappa shape index (κ1) is 17.1. The van der Waals surface area contributed by atoms with Gasteiger partial charge in [0.1, 0.15) is 0 Å². The molecule has 2 amide bonds. The molecule has 2 aliphatic heterocycles. The smallest absolute Gasteiger partial charge is 0.251 e. The highest BCUT2D eigenvalue weighted by atomic mass is 35.5. The minimum absolute atomic E-state index is 0.170. The van der Waals surface area contributed by atoms with Gasteiger partial charge in [-0.25, -0.2) is 4.90 Å². The van der Waals surface area contributed by atoms with Crippen LogP contribution in [-0.4, -0.2) is 48.9 Å². The summed E-state index contributed by atoms with van der Waals surface area (Å²) in [7, 11) is 0. The number of halogens is 1. The number of rotatable bonds is 3. The predicted molar refractivity (Wildman–Crippen MR) is 103 cm³/mol. The van der Waals surface area contributed by atoms with Gasteiger partial charge in [-0.1, -0.05) is 41.9 Å². The second kappa shape index (κ2) is 7.09. The molecule has 2 heterocycles. The van der Waals surface area contributed by atoms with E-state index in [0.29, 0.717) is 10.7 Å². The molecule has 2 aromatic carbocycles. The number of nitrogens with zero attached hydrogens (tertiary/aromatic N) is 3. The number of hydrogen-bond acceptors (Lipinski definition) is 4. The third kappa shape index (κ3) is 3.08. The van der Waals surface area contributed by atoms with Crippen molar-refractivity contribution in [2.45, 2.75) is 12.5 Å². The van der Waals surface area contributed by atoms with Crippen molar-refractivity contribution in [3.8, 4) is 0 Å². The molecule has 0 radical (unpaired) electrons. The van der Waals surface area contributed by atoms with Gasteiger partial charge in [-0.05, 0) is 24.3 Å². The molecule has 4 rings (SSSR count). The molecule has 2 saturated heterocycles. The molecule has 2 aliphatic rings. The number of benzene rings is 2. The Hall–Kier alpha value is -2.37. The summed E-state index contributed by atoms with van der Waals surface area (Å²) < 4.78 is 0. The van der Waals surface area contributed by atoms with Crippen LogP contribution in [0.25, 0.3) is 0 Å². The lowest BCUT2D eigenvalue weighted by Crippen LogP contribution is -2.52. The Morgan fingerprint density at radius 1 is 0.846 bits per heavy atom. The van der Waals surface area contributed by atoms with Gasteiger partial charge in [0.25, 0.3) is 5.91 Å². The maximum Gasteiger partial charge on any atom is 0.251 e. The van der Waals surface area contributed by atoms with Gasteiger partial charge in [-0.3, -0.25) is 14.5 Å². The van der Waals surface area contributed by atoms with E-state index in [2.05, 4.69) is 21.9 Å². The largest absolute Gasteiger partial charge is 0.369 e. The molecular weight excluding hydrogens is 350 g/mol. The summed E-state index contributed by atoms with van der Waals surface area (Å²) in [6.45, 7) is 3.20. The van der Waals surface area contributed by atoms with Crippen molar-refractivity contribution >= 4 is 34.8 Å². The standard InChI is InChI=1S/C20H20ClN3O2/c21-16-8-4-5-9-17(16)24-19(25)14-18(20(24)26)23-12-10-22(11-13-23)15-6-2-1-3-7-15/h1-9,18H,10-14H2. The number of para-hydroxylation sites is 2. The highest BCUT2D eigenvalue weighted by Crippen LogP contribution is 2.31. The van der Waals surface area contributed by atoms with Crippen molar-refractivity contribution in [3.05, 3.63) is 59.6 Å². The van der Waals surface area contributed by atoms with E-state index in [9.17, 15) is 9.59 Å². The number of carbonyl (C=O) groups is 2. The van der Waals surface area contributed by atoms with Crippen LogP contribution >= 0.6 is 11.6 Å². The summed E-state index contributed by atoms with van der Waals surface area (Å²) in [4.78, 5) is 31.1. The molecule has 2 fully saturated rings. The number of anilines is 2. The highest BCUT2D eigenvalue weighted by Gasteiger charge is 2.43. The molecule has 6 heteroatoms. The fourth-order valence-corrected chi connectivity index (χ4v) is 3.94. The van der Waals surface area contributed by atoms with Crippen molar-refractivity contribution in [1.82, 2.24) is 4.90 Å². The lowest BCUT2D eigenvalue weighted by atomic mass is 10.1. The van der Waals surface area contributed by atoms with Gasteiger partial charge < -0.3 is 4.90 Å². The zero-order chi connectivity index (χ0) is 18.1. The Bertz CT molecular complexity index is 819. The number of piperazine rings is 1. The predicted octanol–water partition coefficient (Wildman–Crippen LogP) is 2.79. The first-order chi connectivity index (χ1) is 12.6. The maximum atomic E-state index is 12.9. The summed E-state index contributed by atoms with van der Waals surface area (Å²) in [5.41, 5.74) is 1.67. The van der Waals surface area contributed by atoms with Crippen molar-refractivity contribution in [1.29, 1.82) is 0 Å². The molecule has 26 heavy (non-hydrogen) atoms. The molecule has 1 atom stereocenters. The molecule has 5 nitrogen and oxygen atoms in total. The van der Waals surface area contributed by atoms with E-state index >= 15 is 0 Å². The fourth-order valence-electron chi connectivity index (χ4n) is 3.72. The van der Waals surface area contributed by atoms with E-state index in [1.165, 1.54) is 10.6 Å². The van der Waals surface area contributed by atoms with Crippen LogP contribution in [0.5, 0.6) is 0 Å². The molecule has 0 bridgehead atoms. The zero-order valence-electron chi connectivity index (χ0n) is 14.3. The van der Waals surface area contributed by atoms with Crippen LogP contribution in [0.1, 0.15) is 6.42 Å². The summed E-state index contributed by atoms with van der Waals surface area (Å²) in [5.74, 6) is -0.352. The van der Waals surface area contributed by atoms with Crippen molar-refractivity contribution in [2.24, 2.45) is 0 Å². The molecule has 1 unspecified atom stereocenters. The second-order valence-electron chi connectivity index (χ2n) is 6.60. The van der Waals surface area contributed by atoms with Crippen LogP contribution in [0, 0.1) is 0 Å². The van der Waals surface area contributed by atoms with Crippen molar-refractivity contribution in [2.75, 3.05) is 36.0 Å². The van der Waals surface area contributed by atoms with E-state index in [1.807, 2.05) is 18.2 Å². The number of imide groups is 1. The maximum absolute atomic E-state index is 12.9. The zero-order valence-corrected chi connectivity index (χ0v) is 15.1. The molecule has 0 N–H and O–H groups in total. The molecule has 2 aromatic rings. The summed E-state index contributed by atoms with van der Waals surface area (Å²) in [5, 5.41) is 0.420. The first-order valence-corrected chi connectivity index (χ1v) is 9.18. The van der Waals surface area contributed by atoms with E-state index in [4.69, 9.17) is 11.6 Å². The Labute approximate surface area is 157 Å². The first-order valence-electron chi connectivity index (χ1n) is 8.80. The molecular formula is C20H20ClN3O2. The topological polar surface area (TPSA) is 43.9 Å². The minimum Gasteiger partial charge on any atom is -0.369 e. The van der Waals surface area contributed by atoms with Crippen LogP contribution in [-0.2, 0) is 9.59 Å². The highest BCUT2D eigenvalue weighted by molar-refractivity contribution is 6.36. The molecule has 0 saturated carbocycles. The Balaban J connectivity index is 1.46. The van der Waals surface area contributed by atoms with Gasteiger partial charge in [0.2, 0.25) is 5.91 Å². The van der Waals surface area contributed by atoms with Crippen LogP contribution < -0.4 is 9.80 Å². The van der Waals surface area contributed by atoms with Crippen LogP contribution in [0.15, 0.2) is 54.6 Å². The van der Waals surface area contributed by atoms with E-state index in [0.717, 1.165) is 26.2 Å². The monoisotopic (exact) mass is 369 g/mol. The SMILES string of the molecule is O=C1CC(N2CCN(c3ccccc3)CC2)C(=O)N1c1ccccc1Cl. The van der Waals surface area contributed by atoms with Gasteiger partial charge in [-0.15, -0.1) is 0 Å². The van der Waals surface area contributed by atoms with Gasteiger partial charge in [0, 0.05) is 31.9 Å². The molecule has 0 aromatic heterocycles. The summed E-state index contributed by atoms with van der Waals surface area (Å²) >= 11 is 6.19. The average Bonchev–Trinajstić information content (AvgIpc) is 2.97. The van der Waals surface area contributed by atoms with Crippen LogP contribution in [0.2, 0.25) is 5.02 Å². The number of carbonyl (C=O) groups excluding carboxylic acids is 2. The molecule has 0 aliphatic carbocycles. The van der Waals surface area contributed by atoms with Gasteiger partial charge in [0.15, 0.2) is 0 Å². The Morgan fingerprint density at radius 3 is 2.19 bits per heavy atom. The van der Waals surface area contributed by atoms with E-state index in [1.54, 1.807) is 24.3 Å². The Kier molecular flexibility index (Phi) is 4.66. The minimum atomic E-state index is -0.392. The van der Waals surface area contributed by atoms with Crippen LogP contribution in [0.4, 0.5) is 11.4 Å². The Morgan fingerprint density at radius 2 is 1.50 bits per heavy atom. The van der Waals surface area contributed by atoms with Crippen molar-refractivity contribution < 1.29 is 9.59 Å². The fraction of sp³-hybridized carbons (Fsp3) is 0.300. The van der Waals surface area contributed by atoms with Gasteiger partial charge >= 0.3 is 0 Å². The third-order valence-electron chi connectivity index (χ3n) is 5.09. The lowest BCUT2D eigenvalue weighted by molar-refractivity contribution is -0.123. The van der Waals surface area contributed by atoms with Crippen molar-refractivity contribution in [3.63, 3.8) is 0 Å². The second-order valence-corrected chi connectivity index (χ2v) is 7.00. The van der Waals surface area contributed by atoms with Crippen LogP contribution in [0.3, 0.4) is 0 Å².